The quantitative estimate of drug-likeness (QED) is 0.850. The fraction of sp³-hybridized carbons (Fsp3) is 0.421. The molecule has 2 aromatic heterocycles. The van der Waals surface area contributed by atoms with E-state index in [1.807, 2.05) is 24.5 Å². The summed E-state index contributed by atoms with van der Waals surface area (Å²) in [4.78, 5) is 13.5. The Kier molecular flexibility index (Phi) is 4.59. The number of nitrogens with zero attached hydrogens (tertiary/aromatic N) is 5. The molecule has 2 aromatic rings. The van der Waals surface area contributed by atoms with Crippen molar-refractivity contribution >= 4 is 5.82 Å². The number of nitriles is 1. The predicted molar refractivity (Wildman–Crippen MR) is 93.9 cm³/mol. The second kappa shape index (κ2) is 7.18. The Bertz CT molecular complexity index is 760. The minimum Gasteiger partial charge on any atom is -0.379 e. The van der Waals surface area contributed by atoms with Gasteiger partial charge in [-0.3, -0.25) is 9.88 Å². The zero-order valence-corrected chi connectivity index (χ0v) is 14.1. The number of hydrogen-bond donors (Lipinski definition) is 0. The summed E-state index contributed by atoms with van der Waals surface area (Å²) in [6.45, 7) is 5.16. The Morgan fingerprint density at radius 2 is 2.16 bits per heavy atom. The molecular formula is C19H21N5O. The number of hydrogen-bond acceptors (Lipinski definition) is 6. The van der Waals surface area contributed by atoms with Gasteiger partial charge in [0.2, 0.25) is 0 Å². The third-order valence-electron chi connectivity index (χ3n) is 4.89. The van der Waals surface area contributed by atoms with Crippen molar-refractivity contribution in [1.29, 1.82) is 5.26 Å². The van der Waals surface area contributed by atoms with E-state index < -0.39 is 0 Å². The van der Waals surface area contributed by atoms with E-state index in [-0.39, 0.29) is 0 Å². The summed E-state index contributed by atoms with van der Waals surface area (Å²) in [5.41, 5.74) is 1.88. The first-order valence-corrected chi connectivity index (χ1v) is 8.63. The SMILES string of the molecule is N#Cc1ccnc(N2C[C@@H]3COC[C@H](C2)N(Cc2cccnc2)C3)c1. The first kappa shape index (κ1) is 16.0. The second-order valence-corrected chi connectivity index (χ2v) is 6.77. The third-order valence-corrected chi connectivity index (χ3v) is 4.89. The van der Waals surface area contributed by atoms with Gasteiger partial charge in [-0.25, -0.2) is 4.98 Å². The highest BCUT2D eigenvalue weighted by Crippen LogP contribution is 2.25. The molecule has 0 amide bonds. The van der Waals surface area contributed by atoms with Gasteiger partial charge in [-0.05, 0) is 23.8 Å². The van der Waals surface area contributed by atoms with Crippen molar-refractivity contribution in [3.05, 3.63) is 54.0 Å². The molecule has 0 spiro atoms. The minimum absolute atomic E-state index is 0.306. The molecule has 4 rings (SSSR count). The summed E-state index contributed by atoms with van der Waals surface area (Å²) in [5, 5.41) is 9.15. The number of rotatable bonds is 3. The van der Waals surface area contributed by atoms with Crippen molar-refractivity contribution in [2.75, 3.05) is 37.7 Å². The van der Waals surface area contributed by atoms with Crippen LogP contribution in [0.25, 0.3) is 0 Å². The maximum absolute atomic E-state index is 9.15. The van der Waals surface area contributed by atoms with Gasteiger partial charge in [0.25, 0.3) is 0 Å². The molecule has 2 fully saturated rings. The molecule has 128 valence electrons. The molecule has 0 aromatic carbocycles. The second-order valence-electron chi connectivity index (χ2n) is 6.77. The van der Waals surface area contributed by atoms with Gasteiger partial charge in [-0.1, -0.05) is 6.07 Å². The molecular weight excluding hydrogens is 314 g/mol. The summed E-state index contributed by atoms with van der Waals surface area (Å²) in [6, 6.07) is 10.3. The Balaban J connectivity index is 1.56. The number of pyridine rings is 2. The van der Waals surface area contributed by atoms with E-state index in [0.29, 0.717) is 17.5 Å². The maximum atomic E-state index is 9.15. The average molecular weight is 335 g/mol. The van der Waals surface area contributed by atoms with Crippen LogP contribution in [0.5, 0.6) is 0 Å². The highest BCUT2D eigenvalue weighted by atomic mass is 16.5. The first-order chi connectivity index (χ1) is 12.3. The first-order valence-electron chi connectivity index (χ1n) is 8.63. The third kappa shape index (κ3) is 3.63. The van der Waals surface area contributed by atoms with Gasteiger partial charge < -0.3 is 9.64 Å². The molecule has 4 heterocycles. The molecule has 2 bridgehead atoms. The molecule has 0 radical (unpaired) electrons. The lowest BCUT2D eigenvalue weighted by atomic mass is 10.1. The van der Waals surface area contributed by atoms with E-state index in [1.54, 1.807) is 12.3 Å². The zero-order valence-electron chi connectivity index (χ0n) is 14.1. The van der Waals surface area contributed by atoms with Crippen molar-refractivity contribution in [2.45, 2.75) is 12.6 Å². The van der Waals surface area contributed by atoms with Crippen LogP contribution in [0.4, 0.5) is 5.82 Å². The maximum Gasteiger partial charge on any atom is 0.129 e. The largest absolute Gasteiger partial charge is 0.379 e. The lowest BCUT2D eigenvalue weighted by Gasteiger charge is -2.31. The Labute approximate surface area is 147 Å². The van der Waals surface area contributed by atoms with Crippen LogP contribution >= 0.6 is 0 Å². The molecule has 2 aliphatic rings. The molecule has 2 saturated heterocycles. The molecule has 6 nitrogen and oxygen atoms in total. The van der Waals surface area contributed by atoms with Gasteiger partial charge in [0.15, 0.2) is 0 Å². The van der Waals surface area contributed by atoms with Crippen LogP contribution in [0.2, 0.25) is 0 Å². The Morgan fingerprint density at radius 1 is 1.20 bits per heavy atom. The van der Waals surface area contributed by atoms with Crippen LogP contribution in [-0.4, -0.2) is 53.8 Å². The lowest BCUT2D eigenvalue weighted by molar-refractivity contribution is 0.0872. The van der Waals surface area contributed by atoms with E-state index in [0.717, 1.165) is 45.2 Å². The van der Waals surface area contributed by atoms with Gasteiger partial charge in [0.1, 0.15) is 5.82 Å². The topological polar surface area (TPSA) is 65.3 Å². The molecule has 6 heteroatoms. The Hall–Kier alpha value is -2.49. The van der Waals surface area contributed by atoms with Crippen molar-refractivity contribution in [3.63, 3.8) is 0 Å². The van der Waals surface area contributed by atoms with E-state index in [9.17, 15) is 0 Å². The average Bonchev–Trinajstić information content (AvgIpc) is 2.92. The molecule has 0 N–H and O–H groups in total. The van der Waals surface area contributed by atoms with Crippen LogP contribution in [-0.2, 0) is 11.3 Å². The van der Waals surface area contributed by atoms with Gasteiger partial charge in [-0.15, -0.1) is 0 Å². The fourth-order valence-corrected chi connectivity index (χ4v) is 3.70. The number of fused-ring (bicyclic) bond motifs is 3. The summed E-state index contributed by atoms with van der Waals surface area (Å²) in [7, 11) is 0. The van der Waals surface area contributed by atoms with E-state index in [4.69, 9.17) is 10.00 Å². The van der Waals surface area contributed by atoms with Gasteiger partial charge in [0, 0.05) is 50.7 Å². The van der Waals surface area contributed by atoms with Crippen molar-refractivity contribution in [2.24, 2.45) is 5.92 Å². The van der Waals surface area contributed by atoms with Crippen molar-refractivity contribution in [1.82, 2.24) is 14.9 Å². The normalized spacial score (nSPS) is 23.7. The molecule has 0 saturated carbocycles. The van der Waals surface area contributed by atoms with E-state index in [2.05, 4.69) is 31.9 Å². The number of ether oxygens (including phenoxy) is 1. The number of aromatic nitrogens is 2. The van der Waals surface area contributed by atoms with Gasteiger partial charge >= 0.3 is 0 Å². The standard InChI is InChI=1S/C19H21N5O/c20-7-15-3-5-22-19(6-15)24-11-17-10-23(18(12-24)14-25-13-17)9-16-2-1-4-21-8-16/h1-6,8,17-18H,9-14H2/t17-,18+/m1/s1. The smallest absolute Gasteiger partial charge is 0.129 e. The summed E-state index contributed by atoms with van der Waals surface area (Å²) in [6.07, 6.45) is 5.47. The van der Waals surface area contributed by atoms with Gasteiger partial charge in [0.05, 0.1) is 30.9 Å². The minimum atomic E-state index is 0.306. The van der Waals surface area contributed by atoms with Crippen molar-refractivity contribution in [3.8, 4) is 6.07 Å². The van der Waals surface area contributed by atoms with Crippen LogP contribution in [0, 0.1) is 17.2 Å². The fourth-order valence-electron chi connectivity index (χ4n) is 3.70. The van der Waals surface area contributed by atoms with Crippen molar-refractivity contribution < 1.29 is 4.74 Å². The summed E-state index contributed by atoms with van der Waals surface area (Å²) < 4.78 is 5.90. The van der Waals surface area contributed by atoms with Crippen LogP contribution in [0.15, 0.2) is 42.9 Å². The predicted octanol–water partition coefficient (Wildman–Crippen LogP) is 1.69. The monoisotopic (exact) mass is 335 g/mol. The number of anilines is 1. The summed E-state index contributed by atoms with van der Waals surface area (Å²) in [5.74, 6) is 1.32. The highest BCUT2D eigenvalue weighted by Gasteiger charge is 2.33. The lowest BCUT2D eigenvalue weighted by Crippen LogP contribution is -2.43. The van der Waals surface area contributed by atoms with Crippen LogP contribution in [0.1, 0.15) is 11.1 Å². The Morgan fingerprint density at radius 3 is 3.00 bits per heavy atom. The van der Waals surface area contributed by atoms with Gasteiger partial charge in [-0.2, -0.15) is 5.26 Å². The molecule has 2 atom stereocenters. The van der Waals surface area contributed by atoms with E-state index in [1.165, 1.54) is 5.56 Å². The van der Waals surface area contributed by atoms with Crippen LogP contribution < -0.4 is 4.90 Å². The molecule has 0 unspecified atom stereocenters. The molecule has 2 aliphatic heterocycles. The highest BCUT2D eigenvalue weighted by molar-refractivity contribution is 5.45. The van der Waals surface area contributed by atoms with E-state index >= 15 is 0 Å². The van der Waals surface area contributed by atoms with Crippen LogP contribution in [0.3, 0.4) is 0 Å². The molecule has 0 aliphatic carbocycles. The molecule has 25 heavy (non-hydrogen) atoms. The summed E-state index contributed by atoms with van der Waals surface area (Å²) >= 11 is 0. The zero-order chi connectivity index (χ0) is 17.1.